The second-order valence-electron chi connectivity index (χ2n) is 4.26. The van der Waals surface area contributed by atoms with Gasteiger partial charge in [0.05, 0.1) is 11.4 Å². The molecular formula is C13H11BrF2N2O2S. The first-order chi connectivity index (χ1) is 9.73. The summed E-state index contributed by atoms with van der Waals surface area (Å²) in [6, 6.07) is 7.12. The molecule has 0 unspecified atom stereocenters. The van der Waals surface area contributed by atoms with E-state index in [1.165, 1.54) is 25.2 Å². The predicted molar refractivity (Wildman–Crippen MR) is 80.5 cm³/mol. The Hall–Kier alpha value is -1.67. The number of benzene rings is 2. The molecule has 112 valence electrons. The van der Waals surface area contributed by atoms with E-state index in [1.54, 1.807) is 0 Å². The average molecular weight is 377 g/mol. The summed E-state index contributed by atoms with van der Waals surface area (Å²) in [5.41, 5.74) is 5.27. The van der Waals surface area contributed by atoms with Crippen LogP contribution < -0.4 is 10.0 Å². The molecule has 2 aromatic carbocycles. The van der Waals surface area contributed by atoms with E-state index in [1.807, 2.05) is 0 Å². The molecule has 8 heteroatoms. The molecular weight excluding hydrogens is 366 g/mol. The van der Waals surface area contributed by atoms with E-state index >= 15 is 0 Å². The Morgan fingerprint density at radius 1 is 1.19 bits per heavy atom. The molecule has 0 fully saturated rings. The van der Waals surface area contributed by atoms with Crippen molar-refractivity contribution < 1.29 is 17.2 Å². The number of nitrogen functional groups attached to an aromatic ring is 1. The lowest BCUT2D eigenvalue weighted by Gasteiger charge is -2.20. The minimum atomic E-state index is -4.01. The molecule has 0 atom stereocenters. The van der Waals surface area contributed by atoms with Gasteiger partial charge in [-0.05, 0) is 46.3 Å². The monoisotopic (exact) mass is 376 g/mol. The third kappa shape index (κ3) is 3.01. The first-order valence-electron chi connectivity index (χ1n) is 5.72. The molecule has 4 nitrogen and oxygen atoms in total. The molecule has 2 rings (SSSR count). The van der Waals surface area contributed by atoms with E-state index in [4.69, 9.17) is 5.73 Å². The number of halogens is 3. The highest BCUT2D eigenvalue weighted by molar-refractivity contribution is 9.10. The van der Waals surface area contributed by atoms with Crippen LogP contribution in [0.5, 0.6) is 0 Å². The van der Waals surface area contributed by atoms with Gasteiger partial charge in [0, 0.05) is 11.5 Å². The van der Waals surface area contributed by atoms with E-state index in [0.29, 0.717) is 0 Å². The normalized spacial score (nSPS) is 11.4. The second-order valence-corrected chi connectivity index (χ2v) is 7.05. The van der Waals surface area contributed by atoms with Gasteiger partial charge in [0.25, 0.3) is 10.0 Å². The molecule has 0 spiro atoms. The molecule has 2 N–H and O–H groups in total. The van der Waals surface area contributed by atoms with Crippen LogP contribution in [0.25, 0.3) is 0 Å². The van der Waals surface area contributed by atoms with Gasteiger partial charge in [-0.2, -0.15) is 0 Å². The maximum absolute atomic E-state index is 13.3. The lowest BCUT2D eigenvalue weighted by Crippen LogP contribution is -2.27. The predicted octanol–water partition coefficient (Wildman–Crippen LogP) is 3.13. The molecule has 0 saturated heterocycles. The van der Waals surface area contributed by atoms with Gasteiger partial charge in [-0.25, -0.2) is 17.2 Å². The molecule has 0 aliphatic carbocycles. The number of hydrogen-bond acceptors (Lipinski definition) is 3. The lowest BCUT2D eigenvalue weighted by atomic mass is 10.3. The van der Waals surface area contributed by atoms with Crippen LogP contribution in [0.4, 0.5) is 20.2 Å². The van der Waals surface area contributed by atoms with Crippen LogP contribution in [-0.2, 0) is 10.0 Å². The van der Waals surface area contributed by atoms with Gasteiger partial charge in [0.15, 0.2) is 0 Å². The topological polar surface area (TPSA) is 63.4 Å². The number of rotatable bonds is 3. The third-order valence-corrected chi connectivity index (χ3v) is 5.61. The average Bonchev–Trinajstić information content (AvgIpc) is 2.41. The summed E-state index contributed by atoms with van der Waals surface area (Å²) in [5.74, 6) is -1.29. The first kappa shape index (κ1) is 15.7. The Labute approximate surface area is 129 Å². The molecule has 0 aliphatic heterocycles. The van der Waals surface area contributed by atoms with E-state index in [0.717, 1.165) is 22.5 Å². The van der Waals surface area contributed by atoms with Gasteiger partial charge in [-0.15, -0.1) is 0 Å². The van der Waals surface area contributed by atoms with Crippen LogP contribution in [0.1, 0.15) is 0 Å². The standard InChI is InChI=1S/C13H11BrF2N2O2S/c1-18(9-4-2-3-8(15)5-9)21(19,20)13-7-12(17)11(16)6-10(13)14/h2-7H,17H2,1H3. The Balaban J connectivity index is 2.54. The highest BCUT2D eigenvalue weighted by Crippen LogP contribution is 2.30. The van der Waals surface area contributed by atoms with Crippen LogP contribution in [0.15, 0.2) is 45.8 Å². The van der Waals surface area contributed by atoms with Crippen LogP contribution in [0.2, 0.25) is 0 Å². The van der Waals surface area contributed by atoms with Crippen molar-refractivity contribution in [1.82, 2.24) is 0 Å². The third-order valence-electron chi connectivity index (χ3n) is 2.86. The van der Waals surface area contributed by atoms with E-state index in [9.17, 15) is 17.2 Å². The summed E-state index contributed by atoms with van der Waals surface area (Å²) in [5, 5.41) is 0. The van der Waals surface area contributed by atoms with Gasteiger partial charge in [-0.1, -0.05) is 6.07 Å². The van der Waals surface area contributed by atoms with Gasteiger partial charge in [-0.3, -0.25) is 4.31 Å². The van der Waals surface area contributed by atoms with E-state index < -0.39 is 21.7 Å². The summed E-state index contributed by atoms with van der Waals surface area (Å²) in [6.07, 6.45) is 0. The summed E-state index contributed by atoms with van der Waals surface area (Å²) in [7, 11) is -2.73. The van der Waals surface area contributed by atoms with Crippen molar-refractivity contribution in [3.8, 4) is 0 Å². The van der Waals surface area contributed by atoms with Crippen molar-refractivity contribution in [2.24, 2.45) is 0 Å². The number of anilines is 2. The molecule has 0 aliphatic rings. The van der Waals surface area contributed by atoms with E-state index in [2.05, 4.69) is 15.9 Å². The van der Waals surface area contributed by atoms with Crippen LogP contribution in [0, 0.1) is 11.6 Å². The molecule has 21 heavy (non-hydrogen) atoms. The fraction of sp³-hybridized carbons (Fsp3) is 0.0769. The molecule has 0 aromatic heterocycles. The van der Waals surface area contributed by atoms with Crippen molar-refractivity contribution in [2.45, 2.75) is 4.90 Å². The summed E-state index contributed by atoms with van der Waals surface area (Å²) < 4.78 is 52.5. The number of nitrogens with zero attached hydrogens (tertiary/aromatic N) is 1. The molecule has 0 radical (unpaired) electrons. The fourth-order valence-corrected chi connectivity index (χ4v) is 3.90. The maximum Gasteiger partial charge on any atom is 0.265 e. The first-order valence-corrected chi connectivity index (χ1v) is 7.96. The summed E-state index contributed by atoms with van der Waals surface area (Å²) >= 11 is 3.00. The van der Waals surface area contributed by atoms with Gasteiger partial charge in [0.1, 0.15) is 16.5 Å². The largest absolute Gasteiger partial charge is 0.396 e. The second kappa shape index (κ2) is 5.61. The zero-order valence-corrected chi connectivity index (χ0v) is 13.2. The minimum absolute atomic E-state index is 0.0393. The van der Waals surface area contributed by atoms with Crippen molar-refractivity contribution in [3.63, 3.8) is 0 Å². The molecule has 0 bridgehead atoms. The van der Waals surface area contributed by atoms with Crippen LogP contribution in [0.3, 0.4) is 0 Å². The van der Waals surface area contributed by atoms with Crippen molar-refractivity contribution in [2.75, 3.05) is 17.1 Å². The van der Waals surface area contributed by atoms with Crippen molar-refractivity contribution in [1.29, 1.82) is 0 Å². The zero-order valence-electron chi connectivity index (χ0n) is 10.8. The lowest BCUT2D eigenvalue weighted by molar-refractivity contribution is 0.592. The molecule has 0 saturated carbocycles. The van der Waals surface area contributed by atoms with E-state index in [-0.39, 0.29) is 20.7 Å². The van der Waals surface area contributed by atoms with Crippen molar-refractivity contribution >= 4 is 37.3 Å². The highest BCUT2D eigenvalue weighted by Gasteiger charge is 2.25. The quantitative estimate of drug-likeness (QED) is 0.836. The summed E-state index contributed by atoms with van der Waals surface area (Å²) in [6.45, 7) is 0. The number of nitrogens with two attached hydrogens (primary N) is 1. The van der Waals surface area contributed by atoms with Crippen LogP contribution >= 0.6 is 15.9 Å². The smallest absolute Gasteiger partial charge is 0.265 e. The van der Waals surface area contributed by atoms with Gasteiger partial charge < -0.3 is 5.73 Å². The highest BCUT2D eigenvalue weighted by atomic mass is 79.9. The minimum Gasteiger partial charge on any atom is -0.396 e. The van der Waals surface area contributed by atoms with Gasteiger partial charge >= 0.3 is 0 Å². The Morgan fingerprint density at radius 3 is 2.48 bits per heavy atom. The molecule has 0 amide bonds. The maximum atomic E-state index is 13.3. The molecule has 2 aromatic rings. The Bertz CT molecular complexity index is 797. The van der Waals surface area contributed by atoms with Gasteiger partial charge in [0.2, 0.25) is 0 Å². The summed E-state index contributed by atoms with van der Waals surface area (Å²) in [4.78, 5) is -0.201. The van der Waals surface area contributed by atoms with Crippen LogP contribution in [-0.4, -0.2) is 15.5 Å². The Morgan fingerprint density at radius 2 is 1.86 bits per heavy atom. The fourth-order valence-electron chi connectivity index (χ4n) is 1.70. The number of hydrogen-bond donors (Lipinski definition) is 1. The number of sulfonamides is 1. The molecule has 0 heterocycles. The zero-order chi connectivity index (χ0) is 15.8. The van der Waals surface area contributed by atoms with Crippen molar-refractivity contribution in [3.05, 3.63) is 52.5 Å². The SMILES string of the molecule is CN(c1cccc(F)c1)S(=O)(=O)c1cc(N)c(F)cc1Br. The Kier molecular flexibility index (Phi) is 4.20.